The van der Waals surface area contributed by atoms with Crippen molar-refractivity contribution in [3.63, 3.8) is 0 Å². The van der Waals surface area contributed by atoms with Gasteiger partial charge in [0.1, 0.15) is 5.60 Å². The molecule has 1 unspecified atom stereocenters. The van der Waals surface area contributed by atoms with E-state index in [1.807, 2.05) is 20.8 Å². The molecule has 112 valence electrons. The van der Waals surface area contributed by atoms with Crippen LogP contribution in [0.15, 0.2) is 0 Å². The van der Waals surface area contributed by atoms with Gasteiger partial charge in [-0.15, -0.1) is 0 Å². The lowest BCUT2D eigenvalue weighted by molar-refractivity contribution is -0.191. The number of hydroxylamine groups is 1. The summed E-state index contributed by atoms with van der Waals surface area (Å²) >= 11 is 0. The Labute approximate surface area is 116 Å². The summed E-state index contributed by atoms with van der Waals surface area (Å²) in [7, 11) is 2.09. The highest BCUT2D eigenvalue weighted by Crippen LogP contribution is 2.17. The number of nitrogens with zero attached hydrogens (tertiary/aromatic N) is 1. The Morgan fingerprint density at radius 2 is 1.89 bits per heavy atom. The molecule has 0 radical (unpaired) electrons. The summed E-state index contributed by atoms with van der Waals surface area (Å²) in [6.07, 6.45) is 2.21. The minimum absolute atomic E-state index is 0.264. The smallest absolute Gasteiger partial charge is 0.340 e. The van der Waals surface area contributed by atoms with Crippen LogP contribution < -0.4 is 5.48 Å². The molecule has 1 aliphatic heterocycles. The molecular formula is C14H28N2O3. The van der Waals surface area contributed by atoms with Gasteiger partial charge in [0.05, 0.1) is 0 Å². The predicted molar refractivity (Wildman–Crippen MR) is 74.7 cm³/mol. The van der Waals surface area contributed by atoms with Crippen LogP contribution in [0.1, 0.15) is 47.5 Å². The topological polar surface area (TPSA) is 50.8 Å². The molecule has 1 N–H and O–H groups in total. The number of ether oxygens (including phenoxy) is 1. The number of piperidine rings is 1. The summed E-state index contributed by atoms with van der Waals surface area (Å²) in [4.78, 5) is 19.8. The number of carbonyl (C=O) groups excluding carboxylic acids is 1. The summed E-state index contributed by atoms with van der Waals surface area (Å²) in [6.45, 7) is 11.1. The normalized spacial score (nSPS) is 22.3. The highest BCUT2D eigenvalue weighted by Gasteiger charge is 2.35. The molecule has 0 aromatic heterocycles. The number of esters is 1. The molecule has 0 amide bonds. The van der Waals surface area contributed by atoms with Gasteiger partial charge in [0.25, 0.3) is 0 Å². The zero-order chi connectivity index (χ0) is 14.7. The summed E-state index contributed by atoms with van der Waals surface area (Å²) < 4.78 is 5.35. The molecule has 0 aliphatic carbocycles. The fourth-order valence-corrected chi connectivity index (χ4v) is 1.94. The maximum Gasteiger partial charge on any atom is 0.340 e. The van der Waals surface area contributed by atoms with E-state index >= 15 is 0 Å². The van der Waals surface area contributed by atoms with Crippen molar-refractivity contribution in [3.05, 3.63) is 0 Å². The van der Waals surface area contributed by atoms with Gasteiger partial charge in [-0.05, 0) is 61.1 Å². The molecule has 1 aliphatic rings. The second-order valence-corrected chi connectivity index (χ2v) is 6.83. The van der Waals surface area contributed by atoms with Crippen molar-refractivity contribution < 1.29 is 14.4 Å². The third-order valence-corrected chi connectivity index (χ3v) is 3.00. The SMILES string of the molecule is CN1CCCC(NOC(C)(C)C(=O)OC(C)(C)C)C1. The third-order valence-electron chi connectivity index (χ3n) is 3.00. The van der Waals surface area contributed by atoms with Gasteiger partial charge < -0.3 is 9.64 Å². The summed E-state index contributed by atoms with van der Waals surface area (Å²) in [6, 6.07) is 0.264. The molecule has 0 aromatic rings. The van der Waals surface area contributed by atoms with Crippen LogP contribution in [0.4, 0.5) is 0 Å². The number of rotatable bonds is 4. The van der Waals surface area contributed by atoms with Crippen LogP contribution in [0, 0.1) is 0 Å². The lowest BCUT2D eigenvalue weighted by atomic mass is 10.1. The first-order valence-corrected chi connectivity index (χ1v) is 6.96. The van der Waals surface area contributed by atoms with Crippen LogP contribution in [0.3, 0.4) is 0 Å². The molecule has 0 aromatic carbocycles. The van der Waals surface area contributed by atoms with Crippen molar-refractivity contribution in [2.45, 2.75) is 64.7 Å². The Morgan fingerprint density at radius 1 is 1.26 bits per heavy atom. The number of carbonyl (C=O) groups is 1. The Morgan fingerprint density at radius 3 is 2.42 bits per heavy atom. The minimum atomic E-state index is -0.983. The van der Waals surface area contributed by atoms with E-state index in [0.29, 0.717) is 0 Å². The van der Waals surface area contributed by atoms with Crippen LogP contribution in [0.5, 0.6) is 0 Å². The number of hydrogen-bond donors (Lipinski definition) is 1. The van der Waals surface area contributed by atoms with Crippen LogP contribution in [0.2, 0.25) is 0 Å². The van der Waals surface area contributed by atoms with Gasteiger partial charge in [-0.1, -0.05) is 0 Å². The van der Waals surface area contributed by atoms with Gasteiger partial charge in [0, 0.05) is 12.6 Å². The van der Waals surface area contributed by atoms with Crippen molar-refractivity contribution in [1.82, 2.24) is 10.4 Å². The predicted octanol–water partition coefficient (Wildman–Crippen LogP) is 1.72. The Balaban J connectivity index is 2.43. The van der Waals surface area contributed by atoms with Crippen molar-refractivity contribution in [1.29, 1.82) is 0 Å². The van der Waals surface area contributed by atoms with Crippen LogP contribution in [-0.4, -0.2) is 48.3 Å². The molecule has 5 heteroatoms. The number of likely N-dealkylation sites (tertiary alicyclic amines) is 1. The van der Waals surface area contributed by atoms with Crippen LogP contribution in [0.25, 0.3) is 0 Å². The van der Waals surface area contributed by atoms with Gasteiger partial charge in [0.15, 0.2) is 5.60 Å². The fraction of sp³-hybridized carbons (Fsp3) is 0.929. The number of likely N-dealkylation sites (N-methyl/N-ethyl adjacent to an activating group) is 1. The maximum atomic E-state index is 12.0. The Bertz CT molecular complexity index is 310. The molecule has 19 heavy (non-hydrogen) atoms. The average molecular weight is 272 g/mol. The minimum Gasteiger partial charge on any atom is -0.458 e. The van der Waals surface area contributed by atoms with Crippen molar-refractivity contribution >= 4 is 5.97 Å². The van der Waals surface area contributed by atoms with E-state index in [0.717, 1.165) is 25.9 Å². The van der Waals surface area contributed by atoms with E-state index in [2.05, 4.69) is 17.4 Å². The van der Waals surface area contributed by atoms with E-state index < -0.39 is 11.2 Å². The standard InChI is InChI=1S/C14H28N2O3/c1-13(2,3)18-12(17)14(4,5)19-15-11-8-7-9-16(6)10-11/h11,15H,7-10H2,1-6H3. The highest BCUT2D eigenvalue weighted by atomic mass is 16.7. The van der Waals surface area contributed by atoms with Gasteiger partial charge in [-0.2, -0.15) is 5.48 Å². The van der Waals surface area contributed by atoms with Crippen LogP contribution >= 0.6 is 0 Å². The first kappa shape index (κ1) is 16.4. The number of nitrogens with one attached hydrogen (secondary N) is 1. The molecule has 1 rings (SSSR count). The molecule has 5 nitrogen and oxygen atoms in total. The second-order valence-electron chi connectivity index (χ2n) is 6.83. The molecular weight excluding hydrogens is 244 g/mol. The zero-order valence-corrected chi connectivity index (χ0v) is 13.1. The maximum absolute atomic E-state index is 12.0. The largest absolute Gasteiger partial charge is 0.458 e. The molecule has 1 fully saturated rings. The monoisotopic (exact) mass is 272 g/mol. The van der Waals surface area contributed by atoms with Crippen molar-refractivity contribution in [2.75, 3.05) is 20.1 Å². The molecule has 0 saturated carbocycles. The summed E-state index contributed by atoms with van der Waals surface area (Å²) in [5.74, 6) is -0.350. The summed E-state index contributed by atoms with van der Waals surface area (Å²) in [5.41, 5.74) is 1.54. The van der Waals surface area contributed by atoms with E-state index in [4.69, 9.17) is 9.57 Å². The van der Waals surface area contributed by atoms with E-state index in [1.165, 1.54) is 0 Å². The van der Waals surface area contributed by atoms with Gasteiger partial charge in [-0.25, -0.2) is 4.79 Å². The quantitative estimate of drug-likeness (QED) is 0.624. The van der Waals surface area contributed by atoms with Crippen LogP contribution in [-0.2, 0) is 14.4 Å². The average Bonchev–Trinajstić information content (AvgIpc) is 2.24. The molecule has 1 saturated heterocycles. The number of hydrogen-bond acceptors (Lipinski definition) is 5. The van der Waals surface area contributed by atoms with E-state index in [1.54, 1.807) is 13.8 Å². The fourth-order valence-electron chi connectivity index (χ4n) is 1.94. The lowest BCUT2D eigenvalue weighted by Gasteiger charge is -2.33. The molecule has 1 atom stereocenters. The first-order valence-electron chi connectivity index (χ1n) is 6.96. The second kappa shape index (κ2) is 6.20. The van der Waals surface area contributed by atoms with E-state index in [-0.39, 0.29) is 12.0 Å². The molecule has 0 spiro atoms. The molecule has 1 heterocycles. The van der Waals surface area contributed by atoms with E-state index in [9.17, 15) is 4.79 Å². The van der Waals surface area contributed by atoms with Crippen molar-refractivity contribution in [3.8, 4) is 0 Å². The zero-order valence-electron chi connectivity index (χ0n) is 13.1. The van der Waals surface area contributed by atoms with Gasteiger partial charge >= 0.3 is 5.97 Å². The highest BCUT2D eigenvalue weighted by molar-refractivity contribution is 5.78. The lowest BCUT2D eigenvalue weighted by Crippen LogP contribution is -2.50. The Kier molecular flexibility index (Phi) is 5.35. The van der Waals surface area contributed by atoms with Gasteiger partial charge in [-0.3, -0.25) is 4.84 Å². The third kappa shape index (κ3) is 5.89. The van der Waals surface area contributed by atoms with Gasteiger partial charge in [0.2, 0.25) is 0 Å². The Hall–Kier alpha value is -0.650. The first-order chi connectivity index (χ1) is 8.60. The molecule has 0 bridgehead atoms. The van der Waals surface area contributed by atoms with Crippen molar-refractivity contribution in [2.24, 2.45) is 0 Å². The summed E-state index contributed by atoms with van der Waals surface area (Å²) in [5, 5.41) is 0.